The van der Waals surface area contributed by atoms with Gasteiger partial charge >= 0.3 is 40.6 Å². The zero-order valence-corrected chi connectivity index (χ0v) is 9.85. The SMILES string of the molecule is [Co].[Cu].[H-].[Li+].[O-2].[O-2].[Sn].[Ti+4]. The fourth-order valence-electron chi connectivity index (χ4n) is 0. The molecule has 0 aromatic rings. The van der Waals surface area contributed by atoms with Crippen LogP contribution in [-0.4, -0.2) is 23.9 Å². The summed E-state index contributed by atoms with van der Waals surface area (Å²) in [6.45, 7) is 0. The third-order valence-electron chi connectivity index (χ3n) is 0. The van der Waals surface area contributed by atoms with Gasteiger partial charge in [-0.3, -0.25) is 0 Å². The van der Waals surface area contributed by atoms with Crippen LogP contribution in [-0.2, 0) is 66.5 Å². The van der Waals surface area contributed by atoms with Gasteiger partial charge in [-0.1, -0.05) is 0 Å². The summed E-state index contributed by atoms with van der Waals surface area (Å²) in [5, 5.41) is 0. The van der Waals surface area contributed by atoms with Crippen LogP contribution < -0.4 is 18.9 Å². The van der Waals surface area contributed by atoms with E-state index < -0.39 is 0 Å². The van der Waals surface area contributed by atoms with Crippen molar-refractivity contribution in [3.05, 3.63) is 0 Å². The van der Waals surface area contributed by atoms with Gasteiger partial charge in [-0.25, -0.2) is 0 Å². The number of hydrogen-bond acceptors (Lipinski definition) is 0. The van der Waals surface area contributed by atoms with Crippen LogP contribution in [0.25, 0.3) is 0 Å². The van der Waals surface area contributed by atoms with Gasteiger partial charge in [0.15, 0.2) is 0 Å². The zero-order valence-electron chi connectivity index (χ0n) is 4.45. The van der Waals surface area contributed by atoms with Crippen LogP contribution in [0.15, 0.2) is 0 Å². The molecule has 0 N–H and O–H groups in total. The topological polar surface area (TPSA) is 57.0 Å². The summed E-state index contributed by atoms with van der Waals surface area (Å²) in [4.78, 5) is 0. The van der Waals surface area contributed by atoms with Crippen LogP contribution in [0.4, 0.5) is 0 Å². The minimum Gasteiger partial charge on any atom is -2.00 e. The van der Waals surface area contributed by atoms with Gasteiger partial charge in [-0.05, 0) is 0 Å². The maximum Gasteiger partial charge on any atom is 4.00 e. The molecule has 0 bridgehead atoms. The standard InChI is InChI=1S/Co.Cu.Li.2O.Sn.Ti.H/q;;+1;2*-2;;+4;-1. The Morgan fingerprint density at radius 1 is 1.00 bits per heavy atom. The van der Waals surface area contributed by atoms with E-state index in [1.54, 1.807) is 0 Å². The average Bonchev–Trinajstić information content (AvgIpc) is 0. The summed E-state index contributed by atoms with van der Waals surface area (Å²) >= 11 is 0. The van der Waals surface area contributed by atoms with Crippen molar-refractivity contribution in [2.75, 3.05) is 0 Å². The van der Waals surface area contributed by atoms with Crippen molar-refractivity contribution < 1.29 is 86.8 Å². The van der Waals surface area contributed by atoms with Gasteiger partial charge in [-0.2, -0.15) is 0 Å². The second-order valence-corrected chi connectivity index (χ2v) is 0. The van der Waals surface area contributed by atoms with Crippen molar-refractivity contribution in [2.45, 2.75) is 0 Å². The summed E-state index contributed by atoms with van der Waals surface area (Å²) in [5.41, 5.74) is 0. The first-order valence-electron chi connectivity index (χ1n) is 0. The molecule has 0 aromatic carbocycles. The maximum absolute atomic E-state index is 0. The van der Waals surface area contributed by atoms with Crippen LogP contribution in [0.3, 0.4) is 0 Å². The first-order chi connectivity index (χ1) is 0. The number of hydrogen-bond donors (Lipinski definition) is 0. The van der Waals surface area contributed by atoms with Gasteiger partial charge in [0.2, 0.25) is 0 Å². The van der Waals surface area contributed by atoms with Crippen LogP contribution in [0, 0.1) is 0 Å². The minimum atomic E-state index is 0. The van der Waals surface area contributed by atoms with Crippen LogP contribution in [0.1, 0.15) is 1.43 Å². The molecule has 0 atom stereocenters. The molecule has 0 aliphatic rings. The molecule has 6 radical (unpaired) electrons. The molecule has 0 heterocycles. The van der Waals surface area contributed by atoms with E-state index in [0.29, 0.717) is 0 Å². The van der Waals surface area contributed by atoms with Crippen molar-refractivity contribution in [1.29, 1.82) is 0 Å². The first kappa shape index (κ1) is 88.3. The molecule has 0 unspecified atom stereocenters. The van der Waals surface area contributed by atoms with E-state index in [0.717, 1.165) is 0 Å². The summed E-state index contributed by atoms with van der Waals surface area (Å²) < 4.78 is 0. The fraction of sp³-hybridized carbons (Fsp3) is 0. The monoisotopic (exact) mass is 330 g/mol. The van der Waals surface area contributed by atoms with E-state index in [1.807, 2.05) is 0 Å². The van der Waals surface area contributed by atoms with Crippen LogP contribution in [0.5, 0.6) is 0 Å². The van der Waals surface area contributed by atoms with E-state index in [-0.39, 0.29) is 111 Å². The Morgan fingerprint density at radius 2 is 1.00 bits per heavy atom. The smallest absolute Gasteiger partial charge is 2.00 e. The molecule has 0 aliphatic heterocycles. The largest absolute Gasteiger partial charge is 4.00 e. The van der Waals surface area contributed by atoms with E-state index in [1.165, 1.54) is 0 Å². The molecule has 0 aliphatic carbocycles. The van der Waals surface area contributed by atoms with E-state index >= 15 is 0 Å². The van der Waals surface area contributed by atoms with Gasteiger partial charge in [0, 0.05) is 57.8 Å². The molecule has 0 rings (SSSR count). The zero-order chi connectivity index (χ0) is 0. The Balaban J connectivity index is 0. The quantitative estimate of drug-likeness (QED) is 0.414. The maximum atomic E-state index is 0. The molecule has 42 valence electrons. The molecule has 0 saturated heterocycles. The van der Waals surface area contributed by atoms with Crippen molar-refractivity contribution >= 4 is 23.9 Å². The molecule has 7 heavy (non-hydrogen) atoms. The van der Waals surface area contributed by atoms with Gasteiger partial charge in [0.05, 0.1) is 0 Å². The third-order valence-corrected chi connectivity index (χ3v) is 0. The second kappa shape index (κ2) is 62.9. The van der Waals surface area contributed by atoms with Crippen LogP contribution >= 0.6 is 0 Å². The molecule has 0 saturated carbocycles. The molecular weight excluding hydrogens is 328 g/mol. The summed E-state index contributed by atoms with van der Waals surface area (Å²) in [6, 6.07) is 0. The van der Waals surface area contributed by atoms with Crippen molar-refractivity contribution in [1.82, 2.24) is 0 Å². The second-order valence-electron chi connectivity index (χ2n) is 0. The third kappa shape index (κ3) is 48.3. The van der Waals surface area contributed by atoms with Gasteiger partial charge in [0.25, 0.3) is 0 Å². The molecule has 0 aromatic heterocycles. The molecule has 2 nitrogen and oxygen atoms in total. The van der Waals surface area contributed by atoms with Crippen molar-refractivity contribution in [3.8, 4) is 0 Å². The Morgan fingerprint density at radius 3 is 1.00 bits per heavy atom. The summed E-state index contributed by atoms with van der Waals surface area (Å²) in [6.07, 6.45) is 0. The predicted octanol–water partition coefficient (Wildman–Crippen LogP) is -3.51. The van der Waals surface area contributed by atoms with Gasteiger partial charge in [-0.15, -0.1) is 0 Å². The summed E-state index contributed by atoms with van der Waals surface area (Å²) in [5.74, 6) is 0. The molecule has 0 fully saturated rings. The normalized spacial score (nSPS) is 0. The molecular formula is HCoCuLiO2SnTi. The Kier molecular flexibility index (Phi) is 794. The number of rotatable bonds is 0. The molecule has 0 spiro atoms. The van der Waals surface area contributed by atoms with E-state index in [9.17, 15) is 0 Å². The molecule has 7 heteroatoms. The van der Waals surface area contributed by atoms with Gasteiger partial charge < -0.3 is 12.4 Å². The van der Waals surface area contributed by atoms with Crippen molar-refractivity contribution in [3.63, 3.8) is 0 Å². The van der Waals surface area contributed by atoms with Crippen LogP contribution in [0.2, 0.25) is 0 Å². The first-order valence-corrected chi connectivity index (χ1v) is 0. The van der Waals surface area contributed by atoms with Gasteiger partial charge in [0.1, 0.15) is 0 Å². The minimum absolute atomic E-state index is 0. The Hall–Kier alpha value is 3.06. The fourth-order valence-corrected chi connectivity index (χ4v) is 0. The Bertz CT molecular complexity index is 22.0. The van der Waals surface area contributed by atoms with E-state index in [4.69, 9.17) is 0 Å². The molecule has 0 amide bonds. The average molecular weight is 329 g/mol. The van der Waals surface area contributed by atoms with Crippen molar-refractivity contribution in [2.24, 2.45) is 0 Å². The predicted molar refractivity (Wildman–Crippen MR) is 8.24 cm³/mol. The van der Waals surface area contributed by atoms with E-state index in [2.05, 4.69) is 0 Å². The summed E-state index contributed by atoms with van der Waals surface area (Å²) in [7, 11) is 0. The Labute approximate surface area is 109 Å².